The molecule has 7 heteroatoms. The van der Waals surface area contributed by atoms with Crippen LogP contribution in [0.25, 0.3) is 0 Å². The van der Waals surface area contributed by atoms with Gasteiger partial charge in [-0.25, -0.2) is 10.2 Å². The highest BCUT2D eigenvalue weighted by Gasteiger charge is 2.14. The summed E-state index contributed by atoms with van der Waals surface area (Å²) in [6.07, 6.45) is 1.40. The van der Waals surface area contributed by atoms with Crippen LogP contribution >= 0.6 is 27.5 Å². The Hall–Kier alpha value is -2.96. The number of carbonyl (C=O) groups excluding carboxylic acids is 2. The Bertz CT molecular complexity index is 1100. The van der Waals surface area contributed by atoms with Crippen molar-refractivity contribution in [3.05, 3.63) is 98.5 Å². The van der Waals surface area contributed by atoms with Crippen LogP contribution < -0.4 is 10.2 Å². The molecule has 0 spiro atoms. The first-order valence-electron chi connectivity index (χ1n) is 8.61. The number of halogens is 2. The monoisotopic (exact) mass is 470 g/mol. The Morgan fingerprint density at radius 3 is 2.45 bits per heavy atom. The molecule has 1 amide bonds. The molecule has 29 heavy (non-hydrogen) atoms. The summed E-state index contributed by atoms with van der Waals surface area (Å²) in [4.78, 5) is 24.7. The SMILES string of the molecule is Cc1ccccc1C(=O)Oc1ccc(Br)cc1/C=N\NC(=O)c1ccccc1Cl. The molecule has 0 saturated carbocycles. The van der Waals surface area contributed by atoms with E-state index >= 15 is 0 Å². The second kappa shape index (κ2) is 9.49. The normalized spacial score (nSPS) is 10.7. The third-order valence-corrected chi connectivity index (χ3v) is 4.85. The highest BCUT2D eigenvalue weighted by atomic mass is 79.9. The summed E-state index contributed by atoms with van der Waals surface area (Å²) in [5, 5.41) is 4.29. The molecular formula is C22H16BrClN2O3. The average molecular weight is 472 g/mol. The van der Waals surface area contributed by atoms with Crippen molar-refractivity contribution in [2.45, 2.75) is 6.92 Å². The molecule has 0 unspecified atom stereocenters. The molecule has 0 heterocycles. The molecule has 3 aromatic rings. The van der Waals surface area contributed by atoms with Gasteiger partial charge in [0.05, 0.1) is 22.4 Å². The van der Waals surface area contributed by atoms with Crippen molar-refractivity contribution in [1.82, 2.24) is 5.43 Å². The fraction of sp³-hybridized carbons (Fsp3) is 0.0455. The zero-order valence-corrected chi connectivity index (χ0v) is 17.7. The fourth-order valence-corrected chi connectivity index (χ4v) is 3.14. The molecule has 0 aliphatic heterocycles. The van der Waals surface area contributed by atoms with E-state index in [0.717, 1.165) is 10.0 Å². The van der Waals surface area contributed by atoms with Crippen LogP contribution in [0.5, 0.6) is 5.75 Å². The van der Waals surface area contributed by atoms with E-state index in [1.165, 1.54) is 6.21 Å². The quantitative estimate of drug-likeness (QED) is 0.235. The topological polar surface area (TPSA) is 67.8 Å². The Morgan fingerprint density at radius 2 is 1.72 bits per heavy atom. The maximum Gasteiger partial charge on any atom is 0.343 e. The minimum Gasteiger partial charge on any atom is -0.422 e. The van der Waals surface area contributed by atoms with Crippen LogP contribution in [-0.4, -0.2) is 18.1 Å². The van der Waals surface area contributed by atoms with Gasteiger partial charge in [-0.2, -0.15) is 5.10 Å². The average Bonchev–Trinajstić information content (AvgIpc) is 2.70. The second-order valence-corrected chi connectivity index (χ2v) is 7.39. The number of nitrogens with one attached hydrogen (secondary N) is 1. The van der Waals surface area contributed by atoms with E-state index in [2.05, 4.69) is 26.5 Å². The van der Waals surface area contributed by atoms with Gasteiger partial charge in [-0.3, -0.25) is 4.79 Å². The van der Waals surface area contributed by atoms with Crippen molar-refractivity contribution >= 4 is 45.6 Å². The molecule has 0 aromatic heterocycles. The standard InChI is InChI=1S/C22H16BrClN2O3/c1-14-6-2-3-7-17(14)22(28)29-20-11-10-16(23)12-15(20)13-25-26-21(27)18-8-4-5-9-19(18)24/h2-13H,1H3,(H,26,27)/b25-13-. The molecule has 0 aliphatic carbocycles. The van der Waals surface area contributed by atoms with Crippen molar-refractivity contribution in [1.29, 1.82) is 0 Å². The maximum absolute atomic E-state index is 12.5. The van der Waals surface area contributed by atoms with Gasteiger partial charge in [0, 0.05) is 10.0 Å². The van der Waals surface area contributed by atoms with Crippen LogP contribution in [0.1, 0.15) is 31.8 Å². The van der Waals surface area contributed by atoms with Gasteiger partial charge in [0.1, 0.15) is 5.75 Å². The summed E-state index contributed by atoms with van der Waals surface area (Å²) in [5.41, 5.74) is 4.54. The summed E-state index contributed by atoms with van der Waals surface area (Å²) >= 11 is 9.39. The number of hydrazone groups is 1. The lowest BCUT2D eigenvalue weighted by Crippen LogP contribution is -2.18. The number of hydrogen-bond acceptors (Lipinski definition) is 4. The van der Waals surface area contributed by atoms with Crippen molar-refractivity contribution in [2.75, 3.05) is 0 Å². The number of benzene rings is 3. The molecule has 0 aliphatic rings. The van der Waals surface area contributed by atoms with Gasteiger partial charge < -0.3 is 4.74 Å². The van der Waals surface area contributed by atoms with Crippen LogP contribution in [0.15, 0.2) is 76.3 Å². The van der Waals surface area contributed by atoms with E-state index < -0.39 is 11.9 Å². The Balaban J connectivity index is 1.77. The minimum absolute atomic E-state index is 0.312. The molecular weight excluding hydrogens is 456 g/mol. The first-order chi connectivity index (χ1) is 14.0. The molecule has 146 valence electrons. The molecule has 3 aromatic carbocycles. The number of aryl methyl sites for hydroxylation is 1. The van der Waals surface area contributed by atoms with Crippen LogP contribution in [0.2, 0.25) is 5.02 Å². The lowest BCUT2D eigenvalue weighted by molar-refractivity contribution is 0.0733. The maximum atomic E-state index is 12.5. The molecule has 0 radical (unpaired) electrons. The zero-order chi connectivity index (χ0) is 20.8. The number of hydrogen-bond donors (Lipinski definition) is 1. The van der Waals surface area contributed by atoms with E-state index in [0.29, 0.717) is 27.5 Å². The first-order valence-corrected chi connectivity index (χ1v) is 9.78. The van der Waals surface area contributed by atoms with Crippen LogP contribution in [0, 0.1) is 6.92 Å². The lowest BCUT2D eigenvalue weighted by Gasteiger charge is -2.09. The lowest BCUT2D eigenvalue weighted by atomic mass is 10.1. The van der Waals surface area contributed by atoms with E-state index in [9.17, 15) is 9.59 Å². The molecule has 0 saturated heterocycles. The highest BCUT2D eigenvalue weighted by Crippen LogP contribution is 2.23. The van der Waals surface area contributed by atoms with E-state index in [1.807, 2.05) is 19.1 Å². The van der Waals surface area contributed by atoms with E-state index in [1.54, 1.807) is 54.6 Å². The Labute approximate surface area is 181 Å². The van der Waals surface area contributed by atoms with Crippen molar-refractivity contribution < 1.29 is 14.3 Å². The molecule has 0 bridgehead atoms. The summed E-state index contributed by atoms with van der Waals surface area (Å²) in [6.45, 7) is 1.84. The van der Waals surface area contributed by atoms with Crippen LogP contribution in [0.4, 0.5) is 0 Å². The Kier molecular flexibility index (Phi) is 6.80. The van der Waals surface area contributed by atoms with Gasteiger partial charge in [-0.1, -0.05) is 57.9 Å². The largest absolute Gasteiger partial charge is 0.422 e. The molecule has 0 atom stereocenters. The van der Waals surface area contributed by atoms with Crippen molar-refractivity contribution in [2.24, 2.45) is 5.10 Å². The predicted octanol–water partition coefficient (Wildman–Crippen LogP) is 5.39. The predicted molar refractivity (Wildman–Crippen MR) is 117 cm³/mol. The van der Waals surface area contributed by atoms with Gasteiger partial charge >= 0.3 is 5.97 Å². The van der Waals surface area contributed by atoms with Crippen LogP contribution in [-0.2, 0) is 0 Å². The third kappa shape index (κ3) is 5.31. The highest BCUT2D eigenvalue weighted by molar-refractivity contribution is 9.10. The fourth-order valence-electron chi connectivity index (χ4n) is 2.54. The number of ether oxygens (including phenoxy) is 1. The molecule has 0 fully saturated rings. The number of nitrogens with zero attached hydrogens (tertiary/aromatic N) is 1. The van der Waals surface area contributed by atoms with Gasteiger partial charge in [-0.15, -0.1) is 0 Å². The van der Waals surface area contributed by atoms with Gasteiger partial charge in [0.25, 0.3) is 5.91 Å². The zero-order valence-electron chi connectivity index (χ0n) is 15.4. The summed E-state index contributed by atoms with van der Waals surface area (Å²) in [5.74, 6) is -0.599. The number of carbonyl (C=O) groups is 2. The second-order valence-electron chi connectivity index (χ2n) is 6.07. The number of rotatable bonds is 5. The minimum atomic E-state index is -0.472. The number of amides is 1. The summed E-state index contributed by atoms with van der Waals surface area (Å²) in [7, 11) is 0. The summed E-state index contributed by atoms with van der Waals surface area (Å²) in [6, 6.07) is 19.0. The van der Waals surface area contributed by atoms with Crippen molar-refractivity contribution in [3.63, 3.8) is 0 Å². The van der Waals surface area contributed by atoms with Crippen LogP contribution in [0.3, 0.4) is 0 Å². The van der Waals surface area contributed by atoms with Gasteiger partial charge in [-0.05, 0) is 48.9 Å². The first kappa shape index (κ1) is 20.8. The van der Waals surface area contributed by atoms with Crippen molar-refractivity contribution in [3.8, 4) is 5.75 Å². The Morgan fingerprint density at radius 1 is 1.03 bits per heavy atom. The van der Waals surface area contributed by atoms with E-state index in [4.69, 9.17) is 16.3 Å². The van der Waals surface area contributed by atoms with Gasteiger partial charge in [0.15, 0.2) is 0 Å². The third-order valence-electron chi connectivity index (χ3n) is 4.03. The summed E-state index contributed by atoms with van der Waals surface area (Å²) < 4.78 is 6.31. The molecule has 5 nitrogen and oxygen atoms in total. The smallest absolute Gasteiger partial charge is 0.343 e. The van der Waals surface area contributed by atoms with Gasteiger partial charge in [0.2, 0.25) is 0 Å². The van der Waals surface area contributed by atoms with E-state index in [-0.39, 0.29) is 0 Å². The molecule has 1 N–H and O–H groups in total. The number of esters is 1. The molecule has 3 rings (SSSR count).